The van der Waals surface area contributed by atoms with Crippen molar-refractivity contribution in [1.29, 1.82) is 0 Å². The average Bonchev–Trinajstić information content (AvgIpc) is 2.96. The van der Waals surface area contributed by atoms with Gasteiger partial charge in [-0.15, -0.1) is 0 Å². The fourth-order valence-corrected chi connectivity index (χ4v) is 3.63. The van der Waals surface area contributed by atoms with E-state index >= 15 is 0 Å². The molecule has 96 valence electrons. The van der Waals surface area contributed by atoms with Gasteiger partial charge < -0.3 is 15.0 Å². The van der Waals surface area contributed by atoms with E-state index in [1.54, 1.807) is 0 Å². The molecule has 0 aliphatic carbocycles. The predicted molar refractivity (Wildman–Crippen MR) is 64.6 cm³/mol. The number of amides is 1. The highest BCUT2D eigenvalue weighted by atomic mass is 16.5. The molecule has 3 fully saturated rings. The molecule has 4 nitrogen and oxygen atoms in total. The monoisotopic (exact) mass is 238 g/mol. The third-order valence-corrected chi connectivity index (χ3v) is 4.72. The van der Waals surface area contributed by atoms with Gasteiger partial charge in [0.1, 0.15) is 6.10 Å². The minimum atomic E-state index is -0.167. The molecule has 0 saturated carbocycles. The first-order chi connectivity index (χ1) is 8.16. The van der Waals surface area contributed by atoms with Crippen LogP contribution in [0.25, 0.3) is 0 Å². The van der Waals surface area contributed by atoms with Gasteiger partial charge in [0.2, 0.25) is 0 Å². The molecular formula is C13H22N2O2. The van der Waals surface area contributed by atoms with E-state index in [2.05, 4.69) is 24.1 Å². The van der Waals surface area contributed by atoms with E-state index < -0.39 is 0 Å². The van der Waals surface area contributed by atoms with Crippen LogP contribution in [0.4, 0.5) is 0 Å². The number of nitrogens with one attached hydrogen (secondary N) is 1. The zero-order chi connectivity index (χ0) is 12.0. The number of likely N-dealkylation sites (tertiary alicyclic amines) is 1. The molecule has 3 heterocycles. The lowest BCUT2D eigenvalue weighted by Gasteiger charge is -2.27. The average molecular weight is 238 g/mol. The second kappa shape index (κ2) is 4.25. The summed E-state index contributed by atoms with van der Waals surface area (Å²) in [5.41, 5.74) is 0. The quantitative estimate of drug-likeness (QED) is 0.728. The van der Waals surface area contributed by atoms with Crippen molar-refractivity contribution in [2.24, 2.45) is 11.8 Å². The van der Waals surface area contributed by atoms with Gasteiger partial charge in [0.05, 0.1) is 6.10 Å². The summed E-state index contributed by atoms with van der Waals surface area (Å²) in [5, 5.41) is 3.42. The van der Waals surface area contributed by atoms with Gasteiger partial charge in [-0.1, -0.05) is 0 Å². The maximum absolute atomic E-state index is 12.4. The topological polar surface area (TPSA) is 41.6 Å². The van der Waals surface area contributed by atoms with Crippen LogP contribution >= 0.6 is 0 Å². The first kappa shape index (κ1) is 11.5. The van der Waals surface area contributed by atoms with Gasteiger partial charge in [-0.2, -0.15) is 0 Å². The molecule has 17 heavy (non-hydrogen) atoms. The molecule has 1 amide bonds. The van der Waals surface area contributed by atoms with Crippen LogP contribution in [0, 0.1) is 11.8 Å². The Kier molecular flexibility index (Phi) is 2.87. The van der Waals surface area contributed by atoms with Crippen molar-refractivity contribution in [3.8, 4) is 0 Å². The van der Waals surface area contributed by atoms with Crippen LogP contribution in [0.2, 0.25) is 0 Å². The molecular weight excluding hydrogens is 216 g/mol. The van der Waals surface area contributed by atoms with Gasteiger partial charge in [0.15, 0.2) is 0 Å². The van der Waals surface area contributed by atoms with Crippen LogP contribution in [0.15, 0.2) is 0 Å². The number of rotatable bonds is 1. The largest absolute Gasteiger partial charge is 0.365 e. The van der Waals surface area contributed by atoms with Crippen molar-refractivity contribution in [2.75, 3.05) is 19.6 Å². The lowest BCUT2D eigenvalue weighted by Crippen LogP contribution is -2.43. The fourth-order valence-electron chi connectivity index (χ4n) is 3.63. The first-order valence-electron chi connectivity index (χ1n) is 6.83. The molecule has 0 radical (unpaired) electrons. The minimum absolute atomic E-state index is 0.167. The lowest BCUT2D eigenvalue weighted by atomic mass is 9.95. The molecule has 0 aromatic heterocycles. The summed E-state index contributed by atoms with van der Waals surface area (Å²) >= 11 is 0. The smallest absolute Gasteiger partial charge is 0.251 e. The molecule has 0 aromatic rings. The van der Waals surface area contributed by atoms with Crippen LogP contribution in [0.1, 0.15) is 26.7 Å². The van der Waals surface area contributed by atoms with E-state index in [0.717, 1.165) is 32.5 Å². The normalized spacial score (nSPS) is 45.3. The van der Waals surface area contributed by atoms with E-state index in [9.17, 15) is 4.79 Å². The Bertz CT molecular complexity index is 321. The first-order valence-corrected chi connectivity index (χ1v) is 6.83. The summed E-state index contributed by atoms with van der Waals surface area (Å²) in [5.74, 6) is 1.54. The van der Waals surface area contributed by atoms with Crippen molar-refractivity contribution >= 4 is 5.91 Å². The number of carbonyl (C=O) groups excluding carboxylic acids is 1. The summed E-state index contributed by atoms with van der Waals surface area (Å²) in [6, 6.07) is 0.377. The Labute approximate surface area is 103 Å². The third kappa shape index (κ3) is 1.87. The number of hydrogen-bond donors (Lipinski definition) is 1. The molecule has 0 bridgehead atoms. The van der Waals surface area contributed by atoms with Crippen LogP contribution in [0.3, 0.4) is 0 Å². The van der Waals surface area contributed by atoms with Gasteiger partial charge >= 0.3 is 0 Å². The number of carbonyl (C=O) groups is 1. The van der Waals surface area contributed by atoms with E-state index in [0.29, 0.717) is 17.9 Å². The molecule has 3 aliphatic heterocycles. The highest BCUT2D eigenvalue weighted by Gasteiger charge is 2.45. The zero-order valence-corrected chi connectivity index (χ0v) is 10.7. The fraction of sp³-hybridized carbons (Fsp3) is 0.923. The van der Waals surface area contributed by atoms with Crippen LogP contribution in [-0.2, 0) is 9.53 Å². The molecule has 1 N–H and O–H groups in total. The number of ether oxygens (including phenoxy) is 1. The Morgan fingerprint density at radius 1 is 1.29 bits per heavy atom. The summed E-state index contributed by atoms with van der Waals surface area (Å²) < 4.78 is 5.70. The Morgan fingerprint density at radius 3 is 2.76 bits per heavy atom. The van der Waals surface area contributed by atoms with Gasteiger partial charge in [0.25, 0.3) is 5.91 Å². The molecule has 3 saturated heterocycles. The van der Waals surface area contributed by atoms with Crippen LogP contribution < -0.4 is 5.32 Å². The van der Waals surface area contributed by atoms with Crippen LogP contribution in [0.5, 0.6) is 0 Å². The van der Waals surface area contributed by atoms with Gasteiger partial charge in [0, 0.05) is 25.7 Å². The summed E-state index contributed by atoms with van der Waals surface area (Å²) in [6.45, 7) is 7.30. The molecule has 3 rings (SSSR count). The maximum atomic E-state index is 12.4. The third-order valence-electron chi connectivity index (χ3n) is 4.72. The van der Waals surface area contributed by atoms with Crippen molar-refractivity contribution in [1.82, 2.24) is 10.2 Å². The molecule has 3 aliphatic rings. The second-order valence-corrected chi connectivity index (χ2v) is 5.83. The number of fused-ring (bicyclic) bond motifs is 1. The van der Waals surface area contributed by atoms with Crippen molar-refractivity contribution in [3.63, 3.8) is 0 Å². The van der Waals surface area contributed by atoms with Crippen molar-refractivity contribution in [2.45, 2.75) is 44.9 Å². The highest BCUT2D eigenvalue weighted by molar-refractivity contribution is 5.82. The lowest BCUT2D eigenvalue weighted by molar-refractivity contribution is -0.143. The minimum Gasteiger partial charge on any atom is -0.365 e. The van der Waals surface area contributed by atoms with Crippen molar-refractivity contribution < 1.29 is 9.53 Å². The zero-order valence-electron chi connectivity index (χ0n) is 10.7. The maximum Gasteiger partial charge on any atom is 0.251 e. The molecule has 5 atom stereocenters. The second-order valence-electron chi connectivity index (χ2n) is 5.83. The number of hydrogen-bond acceptors (Lipinski definition) is 3. The van der Waals surface area contributed by atoms with E-state index in [1.807, 2.05) is 0 Å². The van der Waals surface area contributed by atoms with Gasteiger partial charge in [-0.25, -0.2) is 0 Å². The number of nitrogens with zero attached hydrogens (tertiary/aromatic N) is 1. The van der Waals surface area contributed by atoms with Crippen LogP contribution in [-0.4, -0.2) is 48.7 Å². The standard InChI is InChI=1S/C13H22N2O2/c1-8-3-4-12(17-8)13(16)15-7-10-5-14-6-11(10)9(15)2/h8-12,14H,3-7H2,1-2H3. The summed E-state index contributed by atoms with van der Waals surface area (Å²) in [4.78, 5) is 14.5. The molecule has 0 spiro atoms. The van der Waals surface area contributed by atoms with E-state index in [4.69, 9.17) is 4.74 Å². The van der Waals surface area contributed by atoms with E-state index in [-0.39, 0.29) is 18.1 Å². The Hall–Kier alpha value is -0.610. The summed E-state index contributed by atoms with van der Waals surface area (Å²) in [6.07, 6.45) is 2.01. The summed E-state index contributed by atoms with van der Waals surface area (Å²) in [7, 11) is 0. The van der Waals surface area contributed by atoms with Gasteiger partial charge in [-0.3, -0.25) is 4.79 Å². The highest BCUT2D eigenvalue weighted by Crippen LogP contribution is 2.34. The molecule has 5 unspecified atom stereocenters. The SMILES string of the molecule is CC1CCC(C(=O)N2CC3CNCC3C2C)O1. The predicted octanol–water partition coefficient (Wildman–Crippen LogP) is 0.620. The molecule has 4 heteroatoms. The van der Waals surface area contributed by atoms with Crippen molar-refractivity contribution in [3.05, 3.63) is 0 Å². The van der Waals surface area contributed by atoms with E-state index in [1.165, 1.54) is 0 Å². The Balaban J connectivity index is 1.67. The van der Waals surface area contributed by atoms with Gasteiger partial charge in [-0.05, 0) is 38.5 Å². The Morgan fingerprint density at radius 2 is 2.12 bits per heavy atom. The molecule has 0 aromatic carbocycles.